The Morgan fingerprint density at radius 3 is 2.65 bits per heavy atom. The highest BCUT2D eigenvalue weighted by atomic mass is 35.5. The van der Waals surface area contributed by atoms with E-state index in [-0.39, 0.29) is 23.2 Å². The van der Waals surface area contributed by atoms with Crippen LogP contribution in [0.3, 0.4) is 0 Å². The number of nitrogens with zero attached hydrogens (tertiary/aromatic N) is 2. The third kappa shape index (κ3) is 6.10. The van der Waals surface area contributed by atoms with Crippen molar-refractivity contribution in [3.63, 3.8) is 0 Å². The van der Waals surface area contributed by atoms with E-state index in [0.29, 0.717) is 18.0 Å². The molecule has 0 amide bonds. The molecule has 1 aromatic carbocycles. The van der Waals surface area contributed by atoms with Crippen LogP contribution in [-0.2, 0) is 22.7 Å². The zero-order valence-electron chi connectivity index (χ0n) is 16.7. The van der Waals surface area contributed by atoms with Gasteiger partial charge in [0.25, 0.3) is 0 Å². The van der Waals surface area contributed by atoms with E-state index in [9.17, 15) is 22.4 Å². The van der Waals surface area contributed by atoms with Crippen molar-refractivity contribution in [2.45, 2.75) is 51.2 Å². The Morgan fingerprint density at radius 1 is 1.32 bits per heavy atom. The second-order valence-corrected chi connectivity index (χ2v) is 7.74. The summed E-state index contributed by atoms with van der Waals surface area (Å²) in [7, 11) is 1.35. The van der Waals surface area contributed by atoms with Crippen molar-refractivity contribution in [2.75, 3.05) is 7.05 Å². The molecule has 0 saturated heterocycles. The van der Waals surface area contributed by atoms with E-state index in [2.05, 4.69) is 15.2 Å². The van der Waals surface area contributed by atoms with Crippen LogP contribution in [0.1, 0.15) is 43.2 Å². The average Bonchev–Trinajstić information content (AvgIpc) is 3.35. The molecule has 1 atom stereocenters. The van der Waals surface area contributed by atoms with Crippen LogP contribution in [0.4, 0.5) is 17.6 Å². The molecule has 3 rings (SSSR count). The summed E-state index contributed by atoms with van der Waals surface area (Å²) in [5.74, 6) is -2.16. The molecule has 1 aliphatic rings. The second kappa shape index (κ2) is 9.86. The summed E-state index contributed by atoms with van der Waals surface area (Å²) < 4.78 is 62.9. The van der Waals surface area contributed by atoms with Crippen molar-refractivity contribution in [1.82, 2.24) is 15.1 Å². The van der Waals surface area contributed by atoms with Crippen LogP contribution in [0.25, 0.3) is 0 Å². The van der Waals surface area contributed by atoms with E-state index in [0.717, 1.165) is 31.7 Å². The Labute approximate surface area is 181 Å². The highest BCUT2D eigenvalue weighted by molar-refractivity contribution is 6.31. The van der Waals surface area contributed by atoms with Gasteiger partial charge in [-0.3, -0.25) is 5.32 Å². The molecular weight excluding hydrogens is 442 g/mol. The number of ether oxygens (including phenoxy) is 2. The van der Waals surface area contributed by atoms with Crippen molar-refractivity contribution in [1.29, 1.82) is 0 Å². The first-order valence-corrected chi connectivity index (χ1v) is 10.1. The van der Waals surface area contributed by atoms with Gasteiger partial charge in [-0.2, -0.15) is 18.3 Å². The summed E-state index contributed by atoms with van der Waals surface area (Å²) in [5.41, 5.74) is 0.602. The molecule has 1 N–H and O–H groups in total. The Kier molecular flexibility index (Phi) is 7.42. The SMILES string of the molecule is CNC(OC(=O)C(F)(F)F)c1cc(OCc2ccc(F)cc2Cl)n(CC2CCCC2)n1. The number of benzene rings is 1. The van der Waals surface area contributed by atoms with Crippen molar-refractivity contribution in [2.24, 2.45) is 5.92 Å². The zero-order chi connectivity index (χ0) is 22.6. The quantitative estimate of drug-likeness (QED) is 0.347. The lowest BCUT2D eigenvalue weighted by molar-refractivity contribution is -0.206. The molecule has 2 aromatic rings. The van der Waals surface area contributed by atoms with Gasteiger partial charge >= 0.3 is 12.1 Å². The lowest BCUT2D eigenvalue weighted by Crippen LogP contribution is -2.31. The van der Waals surface area contributed by atoms with Crippen molar-refractivity contribution >= 4 is 17.6 Å². The van der Waals surface area contributed by atoms with Crippen LogP contribution in [0.2, 0.25) is 5.02 Å². The lowest BCUT2D eigenvalue weighted by Gasteiger charge is -2.16. The standard InChI is InChI=1S/C20H22ClF4N3O3/c1-26-18(31-19(29)20(23,24)25)16-9-17(28(27-16)10-12-4-2-3-5-12)30-11-13-6-7-14(22)8-15(13)21/h6-9,12,18,26H,2-5,10-11H2,1H3. The van der Waals surface area contributed by atoms with E-state index >= 15 is 0 Å². The van der Waals surface area contributed by atoms with E-state index in [1.54, 1.807) is 4.68 Å². The molecule has 31 heavy (non-hydrogen) atoms. The van der Waals surface area contributed by atoms with Gasteiger partial charge in [0, 0.05) is 18.2 Å². The van der Waals surface area contributed by atoms with Crippen LogP contribution >= 0.6 is 11.6 Å². The molecule has 1 heterocycles. The maximum absolute atomic E-state index is 13.3. The molecule has 170 valence electrons. The van der Waals surface area contributed by atoms with Crippen LogP contribution in [-0.4, -0.2) is 29.0 Å². The number of halogens is 5. The Bertz CT molecular complexity index is 914. The van der Waals surface area contributed by atoms with Crippen molar-refractivity contribution < 1.29 is 31.8 Å². The summed E-state index contributed by atoms with van der Waals surface area (Å²) in [5, 5.41) is 7.02. The minimum Gasteiger partial charge on any atom is -0.473 e. The molecule has 1 saturated carbocycles. The van der Waals surface area contributed by atoms with Gasteiger partial charge in [0.15, 0.2) is 6.23 Å². The molecule has 1 aromatic heterocycles. The number of carbonyl (C=O) groups excluding carboxylic acids is 1. The number of rotatable bonds is 8. The fraction of sp³-hybridized carbons (Fsp3) is 0.500. The first-order chi connectivity index (χ1) is 14.7. The molecule has 1 fully saturated rings. The van der Waals surface area contributed by atoms with Crippen molar-refractivity contribution in [3.05, 3.63) is 46.4 Å². The van der Waals surface area contributed by atoms with Crippen LogP contribution in [0, 0.1) is 11.7 Å². The fourth-order valence-corrected chi connectivity index (χ4v) is 3.68. The zero-order valence-corrected chi connectivity index (χ0v) is 17.5. The van der Waals surface area contributed by atoms with Crippen molar-refractivity contribution in [3.8, 4) is 5.88 Å². The fourth-order valence-electron chi connectivity index (χ4n) is 3.46. The first kappa shape index (κ1) is 23.3. The molecular formula is C20H22ClF4N3O3. The Balaban J connectivity index is 1.81. The summed E-state index contributed by atoms with van der Waals surface area (Å²) in [6, 6.07) is 5.31. The topological polar surface area (TPSA) is 65.4 Å². The molecule has 1 unspecified atom stereocenters. The molecule has 1 aliphatic carbocycles. The number of carbonyl (C=O) groups is 1. The highest BCUT2D eigenvalue weighted by Crippen LogP contribution is 2.30. The molecule has 6 nitrogen and oxygen atoms in total. The molecule has 0 spiro atoms. The predicted octanol–water partition coefficient (Wildman–Crippen LogP) is 4.77. The van der Waals surface area contributed by atoms with Gasteiger partial charge in [0.2, 0.25) is 5.88 Å². The normalized spacial score (nSPS) is 15.8. The minimum absolute atomic E-state index is 0.00146. The summed E-state index contributed by atoms with van der Waals surface area (Å²) in [6.45, 7) is 0.512. The van der Waals surface area contributed by atoms with Crippen LogP contribution in [0.15, 0.2) is 24.3 Å². The summed E-state index contributed by atoms with van der Waals surface area (Å²) in [4.78, 5) is 11.3. The van der Waals surface area contributed by atoms with E-state index in [4.69, 9.17) is 16.3 Å². The molecule has 0 radical (unpaired) electrons. The minimum atomic E-state index is -5.12. The number of hydrogen-bond donors (Lipinski definition) is 1. The van der Waals surface area contributed by atoms with Gasteiger partial charge in [-0.05, 0) is 37.9 Å². The number of hydrogen-bond acceptors (Lipinski definition) is 5. The number of esters is 1. The van der Waals surface area contributed by atoms with E-state index in [1.807, 2.05) is 0 Å². The maximum Gasteiger partial charge on any atom is 0.490 e. The average molecular weight is 464 g/mol. The number of nitrogens with one attached hydrogen (secondary N) is 1. The van der Waals surface area contributed by atoms with Gasteiger partial charge in [0.05, 0.1) is 5.02 Å². The molecule has 11 heteroatoms. The third-order valence-corrected chi connectivity index (χ3v) is 5.40. The smallest absolute Gasteiger partial charge is 0.473 e. The van der Waals surface area contributed by atoms with Crippen LogP contribution < -0.4 is 10.1 Å². The molecule has 0 aliphatic heterocycles. The Morgan fingerprint density at radius 2 is 2.03 bits per heavy atom. The highest BCUT2D eigenvalue weighted by Gasteiger charge is 2.42. The summed E-state index contributed by atoms with van der Waals surface area (Å²) in [6.07, 6.45) is -2.31. The number of aromatic nitrogens is 2. The first-order valence-electron chi connectivity index (χ1n) is 9.77. The van der Waals surface area contributed by atoms with Gasteiger partial charge in [-0.25, -0.2) is 13.9 Å². The van der Waals surface area contributed by atoms with Gasteiger partial charge in [0.1, 0.15) is 18.1 Å². The van der Waals surface area contributed by atoms with Gasteiger partial charge in [-0.1, -0.05) is 30.5 Å². The van der Waals surface area contributed by atoms with Gasteiger partial charge in [-0.15, -0.1) is 0 Å². The Hall–Kier alpha value is -2.33. The predicted molar refractivity (Wildman–Crippen MR) is 104 cm³/mol. The van der Waals surface area contributed by atoms with Gasteiger partial charge < -0.3 is 9.47 Å². The monoisotopic (exact) mass is 463 g/mol. The summed E-state index contributed by atoms with van der Waals surface area (Å²) >= 11 is 6.03. The maximum atomic E-state index is 13.3. The number of alkyl halides is 3. The largest absolute Gasteiger partial charge is 0.490 e. The van der Waals surface area contributed by atoms with E-state index < -0.39 is 24.2 Å². The van der Waals surface area contributed by atoms with E-state index in [1.165, 1.54) is 25.2 Å². The lowest BCUT2D eigenvalue weighted by atomic mass is 10.1. The third-order valence-electron chi connectivity index (χ3n) is 5.05. The van der Waals surface area contributed by atoms with Crippen LogP contribution in [0.5, 0.6) is 5.88 Å². The molecule has 0 bridgehead atoms. The second-order valence-electron chi connectivity index (χ2n) is 7.34.